The van der Waals surface area contributed by atoms with E-state index in [1.54, 1.807) is 0 Å². The van der Waals surface area contributed by atoms with Crippen LogP contribution in [-0.4, -0.2) is 50.5 Å². The molecular formula is C16H35N3O2. The molecule has 0 aromatic carbocycles. The van der Waals surface area contributed by atoms with Crippen LogP contribution in [0.4, 0.5) is 0 Å². The van der Waals surface area contributed by atoms with Crippen LogP contribution >= 0.6 is 0 Å². The highest BCUT2D eigenvalue weighted by Gasteiger charge is 2.07. The summed E-state index contributed by atoms with van der Waals surface area (Å²) in [6.07, 6.45) is 5.37. The van der Waals surface area contributed by atoms with Crippen LogP contribution in [0.2, 0.25) is 0 Å². The number of hydrogen-bond acceptors (Lipinski definition) is 3. The lowest BCUT2D eigenvalue weighted by Crippen LogP contribution is -2.39. The number of guanidine groups is 1. The highest BCUT2D eigenvalue weighted by molar-refractivity contribution is 5.79. The maximum absolute atomic E-state index is 9.08. The Hall–Kier alpha value is -0.810. The topological polar surface area (TPSA) is 65.9 Å². The fourth-order valence-electron chi connectivity index (χ4n) is 2.07. The van der Waals surface area contributed by atoms with Crippen molar-refractivity contribution in [3.8, 4) is 0 Å². The minimum Gasteiger partial charge on any atom is -0.396 e. The molecule has 5 heteroatoms. The molecule has 5 nitrogen and oxygen atoms in total. The van der Waals surface area contributed by atoms with Gasteiger partial charge in [0.15, 0.2) is 5.96 Å². The molecule has 1 atom stereocenters. The predicted octanol–water partition coefficient (Wildman–Crippen LogP) is 2.16. The molecule has 0 aliphatic rings. The van der Waals surface area contributed by atoms with Crippen molar-refractivity contribution in [3.05, 3.63) is 0 Å². The van der Waals surface area contributed by atoms with Gasteiger partial charge in [0.05, 0.1) is 6.61 Å². The lowest BCUT2D eigenvalue weighted by atomic mass is 10.0. The zero-order valence-corrected chi connectivity index (χ0v) is 14.2. The second-order valence-electron chi connectivity index (χ2n) is 5.28. The third kappa shape index (κ3) is 12.6. The molecule has 0 aromatic rings. The molecule has 0 bridgehead atoms. The summed E-state index contributed by atoms with van der Waals surface area (Å²) in [6.45, 7) is 10.6. The maximum Gasteiger partial charge on any atom is 0.191 e. The van der Waals surface area contributed by atoms with Crippen LogP contribution in [0.3, 0.4) is 0 Å². The van der Waals surface area contributed by atoms with Gasteiger partial charge in [0.2, 0.25) is 0 Å². The first kappa shape index (κ1) is 20.2. The summed E-state index contributed by atoms with van der Waals surface area (Å²) in [5.74, 6) is 1.31. The van der Waals surface area contributed by atoms with Crippen molar-refractivity contribution in [3.63, 3.8) is 0 Å². The van der Waals surface area contributed by atoms with Gasteiger partial charge in [0, 0.05) is 32.8 Å². The number of aliphatic hydroxyl groups is 1. The highest BCUT2D eigenvalue weighted by Crippen LogP contribution is 2.10. The Bertz CT molecular complexity index is 242. The van der Waals surface area contributed by atoms with Gasteiger partial charge >= 0.3 is 0 Å². The molecule has 126 valence electrons. The van der Waals surface area contributed by atoms with E-state index in [-0.39, 0.29) is 6.61 Å². The molecule has 0 spiro atoms. The zero-order valence-electron chi connectivity index (χ0n) is 14.2. The molecule has 0 aliphatic carbocycles. The number of ether oxygens (including phenoxy) is 1. The number of aliphatic hydroxyl groups excluding tert-OH is 1. The van der Waals surface area contributed by atoms with Crippen LogP contribution in [0.5, 0.6) is 0 Å². The number of nitrogens with zero attached hydrogens (tertiary/aromatic N) is 1. The lowest BCUT2D eigenvalue weighted by Gasteiger charge is -2.15. The molecule has 0 radical (unpaired) electrons. The zero-order chi connectivity index (χ0) is 15.8. The first-order valence-electron chi connectivity index (χ1n) is 8.49. The van der Waals surface area contributed by atoms with Crippen LogP contribution in [0.15, 0.2) is 4.99 Å². The summed E-state index contributed by atoms with van der Waals surface area (Å²) in [7, 11) is 0. The Morgan fingerprint density at radius 2 is 1.90 bits per heavy atom. The minimum absolute atomic E-state index is 0.245. The summed E-state index contributed by atoms with van der Waals surface area (Å²) in [6, 6.07) is 0. The fourth-order valence-corrected chi connectivity index (χ4v) is 2.07. The Balaban J connectivity index is 4.03. The molecule has 0 aliphatic heterocycles. The van der Waals surface area contributed by atoms with Crippen molar-refractivity contribution < 1.29 is 9.84 Å². The van der Waals surface area contributed by atoms with Crippen molar-refractivity contribution in [1.29, 1.82) is 0 Å². The van der Waals surface area contributed by atoms with Gasteiger partial charge in [-0.1, -0.05) is 26.7 Å². The second-order valence-corrected chi connectivity index (χ2v) is 5.28. The van der Waals surface area contributed by atoms with Gasteiger partial charge in [-0.05, 0) is 32.1 Å². The monoisotopic (exact) mass is 301 g/mol. The molecule has 21 heavy (non-hydrogen) atoms. The van der Waals surface area contributed by atoms with Crippen molar-refractivity contribution in [1.82, 2.24) is 10.6 Å². The second kappa shape index (κ2) is 15.6. The van der Waals surface area contributed by atoms with E-state index >= 15 is 0 Å². The summed E-state index contributed by atoms with van der Waals surface area (Å²) < 4.78 is 5.53. The van der Waals surface area contributed by atoms with Crippen molar-refractivity contribution in [2.75, 3.05) is 39.5 Å². The predicted molar refractivity (Wildman–Crippen MR) is 89.8 cm³/mol. The standard InChI is InChI=1S/C16H35N3O2/c1-4-7-12-21-13-10-18-16(17-6-3)19-14-15(8-5-2)9-11-20/h15,20H,4-14H2,1-3H3,(H2,17,18,19). The maximum atomic E-state index is 9.08. The summed E-state index contributed by atoms with van der Waals surface area (Å²) >= 11 is 0. The van der Waals surface area contributed by atoms with Crippen LogP contribution < -0.4 is 10.6 Å². The van der Waals surface area contributed by atoms with Gasteiger partial charge in [-0.3, -0.25) is 4.99 Å². The van der Waals surface area contributed by atoms with Crippen LogP contribution in [0.25, 0.3) is 0 Å². The first-order valence-corrected chi connectivity index (χ1v) is 8.49. The third-order valence-corrected chi connectivity index (χ3v) is 3.27. The fraction of sp³-hybridized carbons (Fsp3) is 0.938. The Labute approximate surface area is 130 Å². The number of rotatable bonds is 13. The average molecular weight is 301 g/mol. The minimum atomic E-state index is 0.245. The molecule has 0 fully saturated rings. The summed E-state index contributed by atoms with van der Waals surface area (Å²) in [5.41, 5.74) is 0. The lowest BCUT2D eigenvalue weighted by molar-refractivity contribution is 0.136. The SMILES string of the molecule is CCCCOCCNC(=NCC(CCC)CCO)NCC. The van der Waals surface area contributed by atoms with Crippen LogP contribution in [0.1, 0.15) is 52.9 Å². The van der Waals surface area contributed by atoms with Crippen LogP contribution in [0, 0.1) is 5.92 Å². The molecule has 0 heterocycles. The van der Waals surface area contributed by atoms with E-state index in [1.165, 1.54) is 6.42 Å². The van der Waals surface area contributed by atoms with Gasteiger partial charge < -0.3 is 20.5 Å². The first-order chi connectivity index (χ1) is 10.3. The quantitative estimate of drug-likeness (QED) is 0.277. The van der Waals surface area contributed by atoms with Gasteiger partial charge in [-0.15, -0.1) is 0 Å². The molecular weight excluding hydrogens is 266 g/mol. The number of aliphatic imine (C=N–C) groups is 1. The molecule has 0 amide bonds. The molecule has 3 N–H and O–H groups in total. The molecule has 0 saturated carbocycles. The Morgan fingerprint density at radius 1 is 1.10 bits per heavy atom. The van der Waals surface area contributed by atoms with E-state index in [1.807, 2.05) is 0 Å². The van der Waals surface area contributed by atoms with E-state index in [9.17, 15) is 0 Å². The molecule has 0 rings (SSSR count). The van der Waals surface area contributed by atoms with E-state index in [0.29, 0.717) is 12.5 Å². The van der Waals surface area contributed by atoms with Crippen molar-refractivity contribution in [2.45, 2.75) is 52.9 Å². The van der Waals surface area contributed by atoms with Crippen molar-refractivity contribution >= 4 is 5.96 Å². The number of hydrogen-bond donors (Lipinski definition) is 3. The normalized spacial score (nSPS) is 13.2. The van der Waals surface area contributed by atoms with E-state index in [0.717, 1.165) is 57.9 Å². The van der Waals surface area contributed by atoms with Crippen molar-refractivity contribution in [2.24, 2.45) is 10.9 Å². The number of unbranched alkanes of at least 4 members (excludes halogenated alkanes) is 1. The Morgan fingerprint density at radius 3 is 2.52 bits per heavy atom. The average Bonchev–Trinajstić information content (AvgIpc) is 2.48. The van der Waals surface area contributed by atoms with Gasteiger partial charge in [0.1, 0.15) is 0 Å². The van der Waals surface area contributed by atoms with E-state index in [4.69, 9.17) is 9.84 Å². The molecule has 1 unspecified atom stereocenters. The summed E-state index contributed by atoms with van der Waals surface area (Å²) in [5, 5.41) is 15.6. The molecule has 0 aromatic heterocycles. The number of nitrogens with one attached hydrogen (secondary N) is 2. The summed E-state index contributed by atoms with van der Waals surface area (Å²) in [4.78, 5) is 4.61. The van der Waals surface area contributed by atoms with Gasteiger partial charge in [0.25, 0.3) is 0 Å². The highest BCUT2D eigenvalue weighted by atomic mass is 16.5. The third-order valence-electron chi connectivity index (χ3n) is 3.27. The van der Waals surface area contributed by atoms with E-state index < -0.39 is 0 Å². The Kier molecular flexibility index (Phi) is 15.0. The smallest absolute Gasteiger partial charge is 0.191 e. The van der Waals surface area contributed by atoms with Crippen LogP contribution in [-0.2, 0) is 4.74 Å². The van der Waals surface area contributed by atoms with Gasteiger partial charge in [-0.2, -0.15) is 0 Å². The largest absolute Gasteiger partial charge is 0.396 e. The van der Waals surface area contributed by atoms with E-state index in [2.05, 4.69) is 36.4 Å². The molecule has 0 saturated heterocycles. The van der Waals surface area contributed by atoms with Gasteiger partial charge in [-0.25, -0.2) is 0 Å².